The van der Waals surface area contributed by atoms with Gasteiger partial charge in [-0.2, -0.15) is 0 Å². The maximum absolute atomic E-state index is 4.85. The molecule has 7 aromatic rings. The van der Waals surface area contributed by atoms with Gasteiger partial charge in [0.1, 0.15) is 0 Å². The Labute approximate surface area is 290 Å². The van der Waals surface area contributed by atoms with Crippen molar-refractivity contribution < 1.29 is 0 Å². The molecule has 3 nitrogen and oxygen atoms in total. The fourth-order valence-electron chi connectivity index (χ4n) is 6.13. The van der Waals surface area contributed by atoms with Crippen LogP contribution in [0.15, 0.2) is 183 Å². The second-order valence-corrected chi connectivity index (χ2v) is 11.2. The first-order valence-electron chi connectivity index (χ1n) is 16.9. The van der Waals surface area contributed by atoms with Crippen molar-refractivity contribution in [2.45, 2.75) is 27.2 Å². The highest BCUT2D eigenvalue weighted by Gasteiger charge is 2.15. The topological polar surface area (TPSA) is 35.9 Å². The van der Waals surface area contributed by atoms with Crippen molar-refractivity contribution in [2.24, 2.45) is 5.73 Å². The van der Waals surface area contributed by atoms with E-state index in [1.54, 1.807) is 18.2 Å². The molecule has 0 radical (unpaired) electrons. The van der Waals surface area contributed by atoms with Crippen LogP contribution in [0.3, 0.4) is 0 Å². The first kappa shape index (κ1) is 34.3. The summed E-state index contributed by atoms with van der Waals surface area (Å²) in [7, 11) is 0. The monoisotopic (exact) mass is 639 g/mol. The molecule has 5 aromatic carbocycles. The van der Waals surface area contributed by atoms with E-state index >= 15 is 0 Å². The molecule has 1 aliphatic rings. The first-order chi connectivity index (χ1) is 24.2. The lowest BCUT2D eigenvalue weighted by molar-refractivity contribution is 1.18. The van der Waals surface area contributed by atoms with Gasteiger partial charge < -0.3 is 14.9 Å². The van der Waals surface area contributed by atoms with Crippen molar-refractivity contribution in [3.05, 3.63) is 189 Å². The van der Waals surface area contributed by atoms with Crippen molar-refractivity contribution in [1.82, 2.24) is 9.13 Å². The molecule has 0 amide bonds. The highest BCUT2D eigenvalue weighted by Crippen LogP contribution is 2.38. The van der Waals surface area contributed by atoms with Gasteiger partial charge in [-0.15, -0.1) is 0 Å². The highest BCUT2D eigenvalue weighted by atomic mass is 15.0. The van der Waals surface area contributed by atoms with E-state index in [0.717, 1.165) is 6.42 Å². The van der Waals surface area contributed by atoms with E-state index in [-0.39, 0.29) is 0 Å². The minimum Gasteiger partial charge on any atom is -0.405 e. The summed E-state index contributed by atoms with van der Waals surface area (Å²) in [5.41, 5.74) is 13.4. The number of nitrogens with two attached hydrogens (primary N) is 1. The van der Waals surface area contributed by atoms with E-state index in [0.29, 0.717) is 0 Å². The number of hydrogen-bond acceptors (Lipinski definition) is 1. The Bertz CT molecular complexity index is 2300. The van der Waals surface area contributed by atoms with Crippen LogP contribution >= 0.6 is 0 Å². The van der Waals surface area contributed by atoms with Gasteiger partial charge in [0.15, 0.2) is 0 Å². The Hall–Kier alpha value is -6.06. The summed E-state index contributed by atoms with van der Waals surface area (Å²) in [5, 5.41) is 6.37. The Morgan fingerprint density at radius 2 is 1.33 bits per heavy atom. The summed E-state index contributed by atoms with van der Waals surface area (Å²) in [6.45, 7) is 12.6. The molecule has 8 rings (SSSR count). The standard InChI is InChI=1S/C37H26N2.C4H6.C3H7N.C2H6/c1-3-11-26(12-4-1)27-13-7-8-16-30(23-27)38-22-21-32-33-25-37-34(24-28(33)19-20-35(32)38)31-17-9-10-18-36(31)39(37)29-14-5-2-6-15-29;1-3-4-2;1-2-3-4;1-2/h1-6,8-25H,7H2;3-4H,1-2H2;2-3H,4H2,1H3;1-2H3/b;;3-2-;. The fraction of sp³-hybridized carbons (Fsp3) is 0.0870. The summed E-state index contributed by atoms with van der Waals surface area (Å²) >= 11 is 0. The maximum atomic E-state index is 4.85. The van der Waals surface area contributed by atoms with Gasteiger partial charge in [0.25, 0.3) is 0 Å². The van der Waals surface area contributed by atoms with Crippen LogP contribution in [-0.4, -0.2) is 9.13 Å². The number of para-hydroxylation sites is 2. The van der Waals surface area contributed by atoms with Crippen molar-refractivity contribution >= 4 is 54.8 Å². The molecule has 1 aliphatic carbocycles. The van der Waals surface area contributed by atoms with Crippen LogP contribution in [0, 0.1) is 0 Å². The molecule has 2 aromatic heterocycles. The number of nitrogens with zero attached hydrogens (tertiary/aromatic N) is 2. The summed E-state index contributed by atoms with van der Waals surface area (Å²) in [5.74, 6) is 0. The third kappa shape index (κ3) is 7.27. The van der Waals surface area contributed by atoms with E-state index in [1.807, 2.05) is 20.8 Å². The third-order valence-corrected chi connectivity index (χ3v) is 8.31. The van der Waals surface area contributed by atoms with Gasteiger partial charge in [-0.05, 0) is 96.1 Å². The molecule has 2 heterocycles. The molecule has 0 bridgehead atoms. The van der Waals surface area contributed by atoms with Crippen molar-refractivity contribution in [1.29, 1.82) is 0 Å². The lowest BCUT2D eigenvalue weighted by Crippen LogP contribution is -1.94. The zero-order valence-corrected chi connectivity index (χ0v) is 28.8. The molecule has 2 N–H and O–H groups in total. The zero-order chi connectivity index (χ0) is 34.6. The molecule has 0 spiro atoms. The molecule has 0 aliphatic heterocycles. The minimum atomic E-state index is 0.925. The van der Waals surface area contributed by atoms with Gasteiger partial charge in [-0.25, -0.2) is 0 Å². The average molecular weight is 640 g/mol. The van der Waals surface area contributed by atoms with Crippen molar-refractivity contribution in [2.75, 3.05) is 0 Å². The molecule has 0 unspecified atom stereocenters. The number of hydrogen-bond donors (Lipinski definition) is 1. The number of aromatic nitrogens is 2. The lowest BCUT2D eigenvalue weighted by atomic mass is 10.0. The Morgan fingerprint density at radius 3 is 2.02 bits per heavy atom. The van der Waals surface area contributed by atoms with Crippen LogP contribution in [0.2, 0.25) is 0 Å². The smallest absolute Gasteiger partial charge is 0.0547 e. The van der Waals surface area contributed by atoms with E-state index in [1.165, 1.54) is 72.2 Å². The molecule has 0 atom stereocenters. The van der Waals surface area contributed by atoms with Crippen LogP contribution in [0.4, 0.5) is 0 Å². The molecule has 0 saturated heterocycles. The largest absolute Gasteiger partial charge is 0.405 e. The maximum Gasteiger partial charge on any atom is 0.0547 e. The summed E-state index contributed by atoms with van der Waals surface area (Å²) in [6, 6.07) is 41.6. The van der Waals surface area contributed by atoms with Crippen LogP contribution in [0.1, 0.15) is 32.8 Å². The molecular formula is C46H45N3. The highest BCUT2D eigenvalue weighted by molar-refractivity contribution is 6.18. The van der Waals surface area contributed by atoms with Gasteiger partial charge in [0.05, 0.1) is 16.6 Å². The predicted molar refractivity (Wildman–Crippen MR) is 217 cm³/mol. The molecule has 49 heavy (non-hydrogen) atoms. The quantitative estimate of drug-likeness (QED) is 0.191. The second kappa shape index (κ2) is 16.7. The van der Waals surface area contributed by atoms with Gasteiger partial charge in [-0.1, -0.05) is 130 Å². The molecule has 0 fully saturated rings. The van der Waals surface area contributed by atoms with Gasteiger partial charge >= 0.3 is 0 Å². The minimum absolute atomic E-state index is 0.925. The number of rotatable bonds is 4. The summed E-state index contributed by atoms with van der Waals surface area (Å²) < 4.78 is 4.72. The van der Waals surface area contributed by atoms with E-state index in [4.69, 9.17) is 5.73 Å². The fourth-order valence-corrected chi connectivity index (χ4v) is 6.13. The van der Waals surface area contributed by atoms with Gasteiger partial charge in [0.2, 0.25) is 0 Å². The Morgan fingerprint density at radius 1 is 0.673 bits per heavy atom. The van der Waals surface area contributed by atoms with E-state index in [9.17, 15) is 0 Å². The number of allylic oxidation sites excluding steroid dienone is 9. The average Bonchev–Trinajstić information content (AvgIpc) is 3.65. The van der Waals surface area contributed by atoms with Gasteiger partial charge in [-0.3, -0.25) is 0 Å². The van der Waals surface area contributed by atoms with E-state index < -0.39 is 0 Å². The van der Waals surface area contributed by atoms with Crippen LogP contribution in [-0.2, 0) is 0 Å². The molecule has 3 heteroatoms. The Kier molecular flexibility index (Phi) is 11.7. The summed E-state index contributed by atoms with van der Waals surface area (Å²) in [6.07, 6.45) is 18.8. The first-order valence-corrected chi connectivity index (χ1v) is 16.9. The number of fused-ring (bicyclic) bond motifs is 6. The van der Waals surface area contributed by atoms with E-state index in [2.05, 4.69) is 168 Å². The molecular weight excluding hydrogens is 595 g/mol. The number of benzene rings is 5. The van der Waals surface area contributed by atoms with Crippen LogP contribution in [0.25, 0.3) is 60.4 Å². The predicted octanol–water partition coefficient (Wildman–Crippen LogP) is 12.6. The third-order valence-electron chi connectivity index (χ3n) is 8.31. The Balaban J connectivity index is 0.000000420. The molecule has 0 saturated carbocycles. The molecule has 244 valence electrons. The zero-order valence-electron chi connectivity index (χ0n) is 28.8. The second-order valence-electron chi connectivity index (χ2n) is 11.2. The van der Waals surface area contributed by atoms with Crippen molar-refractivity contribution in [3.8, 4) is 5.69 Å². The van der Waals surface area contributed by atoms with Crippen LogP contribution < -0.4 is 5.73 Å². The van der Waals surface area contributed by atoms with Crippen molar-refractivity contribution in [3.63, 3.8) is 0 Å². The normalized spacial score (nSPS) is 12.2. The summed E-state index contributed by atoms with van der Waals surface area (Å²) in [4.78, 5) is 0. The lowest BCUT2D eigenvalue weighted by Gasteiger charge is -2.10. The SMILES string of the molecule is C/C=C\N.C1=CC(n2ccc3c4cc5c(cc4ccc32)c2ccccc2n5-c2ccccc2)=CC(c2ccccc2)=CC1.C=CC=C.CC. The van der Waals surface area contributed by atoms with Gasteiger partial charge in [0, 0.05) is 33.7 Å². The van der Waals surface area contributed by atoms with Crippen LogP contribution in [0.5, 0.6) is 0 Å².